The normalized spacial score (nSPS) is 10.9. The van der Waals surface area contributed by atoms with E-state index in [0.717, 1.165) is 12.1 Å². The van der Waals surface area contributed by atoms with E-state index in [4.69, 9.17) is 4.74 Å². The Hall–Kier alpha value is -3.15. The summed E-state index contributed by atoms with van der Waals surface area (Å²) in [6.07, 6.45) is 1.04. The average Bonchev–Trinajstić information content (AvgIpc) is 2.65. The molecule has 0 aliphatic heterocycles. The molecule has 0 heterocycles. The van der Waals surface area contributed by atoms with Gasteiger partial charge in [-0.1, -0.05) is 37.3 Å². The van der Waals surface area contributed by atoms with E-state index in [1.807, 2.05) is 42.5 Å². The molecule has 2 aromatic carbocycles. The number of nitrogens with one attached hydrogen (secondary N) is 2. The molecule has 0 fully saturated rings. The summed E-state index contributed by atoms with van der Waals surface area (Å²) < 4.78 is 5.40. The molecule has 6 nitrogen and oxygen atoms in total. The summed E-state index contributed by atoms with van der Waals surface area (Å²) in [6.45, 7) is 3.61. The highest BCUT2D eigenvalue weighted by Crippen LogP contribution is 2.12. The molecule has 6 heteroatoms. The van der Waals surface area contributed by atoms with Crippen LogP contribution in [0.1, 0.15) is 25.8 Å². The number of hydrogen-bond acceptors (Lipinski definition) is 4. The van der Waals surface area contributed by atoms with Gasteiger partial charge in [0, 0.05) is 11.4 Å². The lowest BCUT2D eigenvalue weighted by Gasteiger charge is -2.07. The Labute approximate surface area is 153 Å². The molecule has 2 aromatic rings. The van der Waals surface area contributed by atoms with Crippen LogP contribution in [0.3, 0.4) is 0 Å². The third kappa shape index (κ3) is 6.76. The van der Waals surface area contributed by atoms with Crippen LogP contribution in [0.25, 0.3) is 0 Å². The minimum Gasteiger partial charge on any atom is -0.484 e. The second-order valence-electron chi connectivity index (χ2n) is 5.76. The molecule has 2 N–H and O–H groups in total. The quantitative estimate of drug-likeness (QED) is 0.565. The summed E-state index contributed by atoms with van der Waals surface area (Å²) in [5.74, 6) is 0.0478. The second-order valence-corrected chi connectivity index (χ2v) is 5.76. The van der Waals surface area contributed by atoms with Gasteiger partial charge in [0.25, 0.3) is 5.91 Å². The molecule has 0 radical (unpaired) electrons. The third-order valence-electron chi connectivity index (χ3n) is 3.55. The van der Waals surface area contributed by atoms with Crippen molar-refractivity contribution in [1.29, 1.82) is 0 Å². The predicted octanol–water partition coefficient (Wildman–Crippen LogP) is 3.15. The largest absolute Gasteiger partial charge is 0.484 e. The first-order valence-electron chi connectivity index (χ1n) is 8.45. The van der Waals surface area contributed by atoms with Crippen LogP contribution >= 0.6 is 0 Å². The number of carbonyl (C=O) groups is 2. The number of carbonyl (C=O) groups excluding carboxylic acids is 2. The fourth-order valence-corrected chi connectivity index (χ4v) is 2.16. The minimum absolute atomic E-state index is 0.0918. The average molecular weight is 353 g/mol. The van der Waals surface area contributed by atoms with Crippen molar-refractivity contribution in [1.82, 2.24) is 5.43 Å². The van der Waals surface area contributed by atoms with Gasteiger partial charge in [0.2, 0.25) is 5.91 Å². The van der Waals surface area contributed by atoms with Gasteiger partial charge >= 0.3 is 0 Å². The molecule has 2 rings (SSSR count). The zero-order chi connectivity index (χ0) is 18.8. The lowest BCUT2D eigenvalue weighted by atomic mass is 10.2. The number of nitrogens with zero attached hydrogens (tertiary/aromatic N) is 1. The predicted molar refractivity (Wildman–Crippen MR) is 102 cm³/mol. The summed E-state index contributed by atoms with van der Waals surface area (Å²) in [6, 6.07) is 16.7. The van der Waals surface area contributed by atoms with Crippen molar-refractivity contribution in [2.75, 3.05) is 11.9 Å². The topological polar surface area (TPSA) is 79.8 Å². The Bertz CT molecular complexity index is 756. The first-order valence-corrected chi connectivity index (χ1v) is 8.45. The van der Waals surface area contributed by atoms with Gasteiger partial charge < -0.3 is 10.1 Å². The smallest absolute Gasteiger partial charge is 0.277 e. The minimum atomic E-state index is -0.382. The van der Waals surface area contributed by atoms with E-state index in [2.05, 4.69) is 22.8 Å². The molecule has 0 unspecified atom stereocenters. The van der Waals surface area contributed by atoms with Gasteiger partial charge in [-0.25, -0.2) is 5.43 Å². The zero-order valence-electron chi connectivity index (χ0n) is 15.0. The first kappa shape index (κ1) is 19.2. The number of rotatable bonds is 8. The molecule has 0 saturated carbocycles. The van der Waals surface area contributed by atoms with Crippen LogP contribution in [0.5, 0.6) is 5.75 Å². The molecule has 26 heavy (non-hydrogen) atoms. The van der Waals surface area contributed by atoms with Crippen molar-refractivity contribution in [2.24, 2.45) is 5.10 Å². The fourth-order valence-electron chi connectivity index (χ4n) is 2.16. The number of hydrazone groups is 1. The SMILES string of the molecule is CCc1ccc(OCC(=O)N/N=C(\C)CC(=O)Nc2ccccc2)cc1. The fraction of sp³-hybridized carbons (Fsp3) is 0.250. The van der Waals surface area contributed by atoms with Crippen molar-refractivity contribution in [3.8, 4) is 5.75 Å². The van der Waals surface area contributed by atoms with Crippen LogP contribution in [-0.2, 0) is 16.0 Å². The Morgan fingerprint density at radius 2 is 1.69 bits per heavy atom. The maximum Gasteiger partial charge on any atom is 0.277 e. The maximum absolute atomic E-state index is 11.9. The molecule has 0 saturated heterocycles. The molecule has 0 spiro atoms. The summed E-state index contributed by atoms with van der Waals surface area (Å²) >= 11 is 0. The standard InChI is InChI=1S/C20H23N3O3/c1-3-16-9-11-18(12-10-16)26-14-20(25)23-22-15(2)13-19(24)21-17-7-5-4-6-8-17/h4-12H,3,13-14H2,1-2H3,(H,21,24)(H,23,25)/b22-15+. The monoisotopic (exact) mass is 353 g/mol. The van der Waals surface area contributed by atoms with Crippen LogP contribution in [-0.4, -0.2) is 24.1 Å². The lowest BCUT2D eigenvalue weighted by molar-refractivity contribution is -0.123. The van der Waals surface area contributed by atoms with E-state index >= 15 is 0 Å². The highest BCUT2D eigenvalue weighted by Gasteiger charge is 2.06. The number of amides is 2. The Morgan fingerprint density at radius 1 is 1.00 bits per heavy atom. The summed E-state index contributed by atoms with van der Waals surface area (Å²) in [7, 11) is 0. The molecule has 0 bridgehead atoms. The molecule has 136 valence electrons. The van der Waals surface area contributed by atoms with E-state index < -0.39 is 0 Å². The summed E-state index contributed by atoms with van der Waals surface area (Å²) in [5, 5.41) is 6.68. The van der Waals surface area contributed by atoms with Crippen LogP contribution < -0.4 is 15.5 Å². The van der Waals surface area contributed by atoms with E-state index in [-0.39, 0.29) is 24.8 Å². The maximum atomic E-state index is 11.9. The van der Waals surface area contributed by atoms with Gasteiger partial charge in [-0.2, -0.15) is 5.10 Å². The molecule has 0 aliphatic rings. The first-order chi connectivity index (χ1) is 12.6. The van der Waals surface area contributed by atoms with Crippen LogP contribution in [0, 0.1) is 0 Å². The van der Waals surface area contributed by atoms with E-state index in [0.29, 0.717) is 11.5 Å². The molecule has 0 atom stereocenters. The van der Waals surface area contributed by atoms with Gasteiger partial charge in [0.05, 0.1) is 6.42 Å². The lowest BCUT2D eigenvalue weighted by Crippen LogP contribution is -2.26. The third-order valence-corrected chi connectivity index (χ3v) is 3.55. The molecular formula is C20H23N3O3. The van der Waals surface area contributed by atoms with Crippen molar-refractivity contribution in [3.63, 3.8) is 0 Å². The van der Waals surface area contributed by atoms with Crippen LogP contribution in [0.15, 0.2) is 59.7 Å². The number of aryl methyl sites for hydroxylation is 1. The van der Waals surface area contributed by atoms with E-state index in [9.17, 15) is 9.59 Å². The molecule has 0 aromatic heterocycles. The van der Waals surface area contributed by atoms with Crippen molar-refractivity contribution >= 4 is 23.2 Å². The van der Waals surface area contributed by atoms with Crippen LogP contribution in [0.4, 0.5) is 5.69 Å². The number of para-hydroxylation sites is 1. The van der Waals surface area contributed by atoms with Gasteiger partial charge in [0.15, 0.2) is 6.61 Å². The number of hydrogen-bond donors (Lipinski definition) is 2. The molecule has 2 amide bonds. The Balaban J connectivity index is 1.72. The van der Waals surface area contributed by atoms with Gasteiger partial charge in [-0.15, -0.1) is 0 Å². The van der Waals surface area contributed by atoms with Gasteiger partial charge in [-0.05, 0) is 43.2 Å². The van der Waals surface area contributed by atoms with Gasteiger partial charge in [-0.3, -0.25) is 9.59 Å². The van der Waals surface area contributed by atoms with E-state index in [1.165, 1.54) is 5.56 Å². The van der Waals surface area contributed by atoms with Gasteiger partial charge in [0.1, 0.15) is 5.75 Å². The number of anilines is 1. The summed E-state index contributed by atoms with van der Waals surface area (Å²) in [5.41, 5.74) is 4.81. The van der Waals surface area contributed by atoms with Crippen molar-refractivity contribution < 1.29 is 14.3 Å². The number of benzene rings is 2. The summed E-state index contributed by atoms with van der Waals surface area (Å²) in [4.78, 5) is 23.7. The molecule has 0 aliphatic carbocycles. The molecular weight excluding hydrogens is 330 g/mol. The van der Waals surface area contributed by atoms with Crippen molar-refractivity contribution in [2.45, 2.75) is 26.7 Å². The second kappa shape index (κ2) is 9.98. The zero-order valence-corrected chi connectivity index (χ0v) is 15.0. The van der Waals surface area contributed by atoms with Crippen molar-refractivity contribution in [3.05, 3.63) is 60.2 Å². The highest BCUT2D eigenvalue weighted by molar-refractivity contribution is 6.05. The van der Waals surface area contributed by atoms with Crippen LogP contribution in [0.2, 0.25) is 0 Å². The highest BCUT2D eigenvalue weighted by atomic mass is 16.5. The van der Waals surface area contributed by atoms with E-state index in [1.54, 1.807) is 19.1 Å². The number of ether oxygens (including phenoxy) is 1. The Morgan fingerprint density at radius 3 is 2.35 bits per heavy atom. The Kier molecular flexibility index (Phi) is 7.36.